The zero-order chi connectivity index (χ0) is 14.3. The molecular formula is C16H26N2OS. The van der Waals surface area contributed by atoms with Crippen molar-refractivity contribution in [2.24, 2.45) is 11.3 Å². The minimum atomic E-state index is -0.314. The average Bonchev–Trinajstić information content (AvgIpc) is 2.63. The molecule has 1 aromatic heterocycles. The maximum atomic E-state index is 10.4. The van der Waals surface area contributed by atoms with Crippen LogP contribution in [0.5, 0.6) is 0 Å². The number of rotatable bonds is 1. The van der Waals surface area contributed by atoms with Gasteiger partial charge in [-0.3, -0.25) is 0 Å². The molecule has 0 spiro atoms. The summed E-state index contributed by atoms with van der Waals surface area (Å²) in [6.07, 6.45) is 5.40. The van der Waals surface area contributed by atoms with Crippen LogP contribution in [0.4, 0.5) is 5.13 Å². The molecule has 1 aliphatic heterocycles. The van der Waals surface area contributed by atoms with Gasteiger partial charge in [0.2, 0.25) is 0 Å². The van der Waals surface area contributed by atoms with Gasteiger partial charge < -0.3 is 10.0 Å². The average molecular weight is 294 g/mol. The Kier molecular flexibility index (Phi) is 3.80. The number of hydrogen-bond donors (Lipinski definition) is 1. The van der Waals surface area contributed by atoms with Gasteiger partial charge in [0.1, 0.15) is 0 Å². The number of thiazole rings is 1. The zero-order valence-corrected chi connectivity index (χ0v) is 13.7. The molecule has 1 N–H and O–H groups in total. The van der Waals surface area contributed by atoms with E-state index >= 15 is 0 Å². The molecule has 0 radical (unpaired) electrons. The quantitative estimate of drug-likeness (QED) is 0.856. The van der Waals surface area contributed by atoms with Gasteiger partial charge in [-0.05, 0) is 43.4 Å². The molecule has 2 aliphatic rings. The van der Waals surface area contributed by atoms with Crippen LogP contribution in [0.15, 0.2) is 0 Å². The van der Waals surface area contributed by atoms with Gasteiger partial charge in [-0.1, -0.05) is 32.1 Å². The molecule has 1 fully saturated rings. The van der Waals surface area contributed by atoms with E-state index in [-0.39, 0.29) is 11.5 Å². The fourth-order valence-electron chi connectivity index (χ4n) is 3.47. The molecule has 1 aromatic rings. The molecule has 4 heteroatoms. The second kappa shape index (κ2) is 5.30. The highest BCUT2D eigenvalue weighted by molar-refractivity contribution is 7.15. The van der Waals surface area contributed by atoms with Crippen LogP contribution in [0.2, 0.25) is 0 Å². The van der Waals surface area contributed by atoms with Crippen molar-refractivity contribution >= 4 is 16.5 Å². The Balaban J connectivity index is 1.82. The lowest BCUT2D eigenvalue weighted by molar-refractivity contribution is 0.102. The lowest BCUT2D eigenvalue weighted by atomic mass is 9.77. The van der Waals surface area contributed by atoms with E-state index in [0.717, 1.165) is 47.6 Å². The second-order valence-corrected chi connectivity index (χ2v) is 8.40. The van der Waals surface area contributed by atoms with Crippen LogP contribution < -0.4 is 4.90 Å². The molecule has 0 aromatic carbocycles. The van der Waals surface area contributed by atoms with E-state index in [9.17, 15) is 5.11 Å². The van der Waals surface area contributed by atoms with E-state index in [4.69, 9.17) is 4.98 Å². The van der Waals surface area contributed by atoms with Gasteiger partial charge in [0.05, 0.1) is 16.7 Å². The second-order valence-electron chi connectivity index (χ2n) is 7.39. The monoisotopic (exact) mass is 294 g/mol. The third-order valence-electron chi connectivity index (χ3n) is 4.70. The van der Waals surface area contributed by atoms with Gasteiger partial charge in [0, 0.05) is 13.1 Å². The Morgan fingerprint density at radius 2 is 2.10 bits per heavy atom. The summed E-state index contributed by atoms with van der Waals surface area (Å²) in [7, 11) is 0. The van der Waals surface area contributed by atoms with Crippen molar-refractivity contribution in [3.05, 3.63) is 10.6 Å². The van der Waals surface area contributed by atoms with Crippen LogP contribution in [0.3, 0.4) is 0 Å². The molecule has 2 unspecified atom stereocenters. The molecule has 0 saturated carbocycles. The Morgan fingerprint density at radius 1 is 1.30 bits per heavy atom. The van der Waals surface area contributed by atoms with Crippen molar-refractivity contribution in [1.82, 2.24) is 4.98 Å². The first-order valence-electron chi connectivity index (χ1n) is 7.87. The summed E-state index contributed by atoms with van der Waals surface area (Å²) in [5.41, 5.74) is 1.32. The van der Waals surface area contributed by atoms with Crippen LogP contribution in [0.1, 0.15) is 63.1 Å². The number of nitrogens with zero attached hydrogens (tertiary/aromatic N) is 2. The summed E-state index contributed by atoms with van der Waals surface area (Å²) in [5.74, 6) is 0.833. The number of fused-ring (bicyclic) bond motifs is 1. The minimum absolute atomic E-state index is 0.172. The third-order valence-corrected chi connectivity index (χ3v) is 5.96. The van der Waals surface area contributed by atoms with Gasteiger partial charge in [-0.25, -0.2) is 4.98 Å². The first-order valence-corrected chi connectivity index (χ1v) is 8.69. The topological polar surface area (TPSA) is 36.4 Å². The molecule has 0 amide bonds. The van der Waals surface area contributed by atoms with Gasteiger partial charge in [-0.2, -0.15) is 0 Å². The molecular weight excluding hydrogens is 268 g/mol. The molecule has 2 atom stereocenters. The van der Waals surface area contributed by atoms with Gasteiger partial charge in [0.15, 0.2) is 5.13 Å². The van der Waals surface area contributed by atoms with E-state index in [2.05, 4.69) is 25.7 Å². The van der Waals surface area contributed by atoms with Gasteiger partial charge in [-0.15, -0.1) is 0 Å². The Morgan fingerprint density at radius 3 is 2.90 bits per heavy atom. The fraction of sp³-hybridized carbons (Fsp3) is 0.812. The number of aromatic nitrogens is 1. The smallest absolute Gasteiger partial charge is 0.185 e. The molecule has 3 rings (SSSR count). The zero-order valence-electron chi connectivity index (χ0n) is 12.9. The maximum Gasteiger partial charge on any atom is 0.185 e. The summed E-state index contributed by atoms with van der Waals surface area (Å²) >= 11 is 1.73. The van der Waals surface area contributed by atoms with Crippen molar-refractivity contribution in [2.45, 2.75) is 59.0 Å². The van der Waals surface area contributed by atoms with Crippen LogP contribution in [0.25, 0.3) is 0 Å². The highest BCUT2D eigenvalue weighted by atomic mass is 32.1. The van der Waals surface area contributed by atoms with Gasteiger partial charge in [0.25, 0.3) is 0 Å². The van der Waals surface area contributed by atoms with Crippen molar-refractivity contribution in [2.75, 3.05) is 18.0 Å². The molecule has 1 aliphatic carbocycles. The lowest BCUT2D eigenvalue weighted by Crippen LogP contribution is -2.25. The van der Waals surface area contributed by atoms with Crippen LogP contribution >= 0.6 is 11.3 Å². The number of anilines is 1. The number of aliphatic hydroxyl groups is 1. The first kappa shape index (κ1) is 14.3. The summed E-state index contributed by atoms with van der Waals surface area (Å²) in [6, 6.07) is 0. The van der Waals surface area contributed by atoms with Crippen LogP contribution in [-0.4, -0.2) is 23.2 Å². The van der Waals surface area contributed by atoms with Crippen molar-refractivity contribution in [3.63, 3.8) is 0 Å². The largest absolute Gasteiger partial charge is 0.387 e. The van der Waals surface area contributed by atoms with Crippen molar-refractivity contribution in [3.8, 4) is 0 Å². The molecule has 112 valence electrons. The maximum absolute atomic E-state index is 10.4. The Hall–Kier alpha value is -0.610. The lowest BCUT2D eigenvalue weighted by Gasteiger charge is -2.31. The van der Waals surface area contributed by atoms with E-state index in [0.29, 0.717) is 0 Å². The first-order chi connectivity index (χ1) is 9.44. The van der Waals surface area contributed by atoms with Crippen LogP contribution in [-0.2, 0) is 6.42 Å². The predicted molar refractivity (Wildman–Crippen MR) is 84.4 cm³/mol. The van der Waals surface area contributed by atoms with E-state index in [1.807, 2.05) is 0 Å². The minimum Gasteiger partial charge on any atom is -0.387 e. The Bertz CT molecular complexity index is 483. The summed E-state index contributed by atoms with van der Waals surface area (Å²) in [5, 5.41) is 11.5. The highest BCUT2D eigenvalue weighted by Crippen LogP contribution is 2.44. The molecule has 3 nitrogen and oxygen atoms in total. The van der Waals surface area contributed by atoms with Crippen LogP contribution in [0, 0.1) is 11.3 Å². The number of hydrogen-bond acceptors (Lipinski definition) is 4. The summed E-state index contributed by atoms with van der Waals surface area (Å²) < 4.78 is 0. The van der Waals surface area contributed by atoms with E-state index in [1.54, 1.807) is 11.3 Å². The normalized spacial score (nSPS) is 29.9. The van der Waals surface area contributed by atoms with Crippen molar-refractivity contribution < 1.29 is 5.11 Å². The molecule has 1 saturated heterocycles. The summed E-state index contributed by atoms with van der Waals surface area (Å²) in [4.78, 5) is 8.43. The third kappa shape index (κ3) is 2.86. The SMILES string of the molecule is CC1CCCN(c2nc3c(s2)C(O)CC(C)(C)C3)CC1. The highest BCUT2D eigenvalue weighted by Gasteiger charge is 2.34. The predicted octanol–water partition coefficient (Wildman–Crippen LogP) is 3.78. The van der Waals surface area contributed by atoms with Crippen molar-refractivity contribution in [1.29, 1.82) is 0 Å². The van der Waals surface area contributed by atoms with E-state index < -0.39 is 0 Å². The van der Waals surface area contributed by atoms with Gasteiger partial charge >= 0.3 is 0 Å². The fourth-order valence-corrected chi connectivity index (χ4v) is 4.59. The number of aliphatic hydroxyl groups excluding tert-OH is 1. The molecule has 2 heterocycles. The molecule has 20 heavy (non-hydrogen) atoms. The standard InChI is InChI=1S/C16H26N2OS/c1-11-5-4-7-18(8-6-11)15-17-12-9-16(2,3)10-13(19)14(12)20-15/h11,13,19H,4-10H2,1-3H3. The summed E-state index contributed by atoms with van der Waals surface area (Å²) in [6.45, 7) is 9.05. The molecule has 0 bridgehead atoms. The van der Waals surface area contributed by atoms with E-state index in [1.165, 1.54) is 19.3 Å². The Labute approximate surface area is 126 Å².